The number of fused-ring (bicyclic) bond motifs is 3. The molecule has 3 heteroatoms. The van der Waals surface area contributed by atoms with Gasteiger partial charge in [-0.15, -0.1) is 17.7 Å². The lowest BCUT2D eigenvalue weighted by atomic mass is 10.1. The van der Waals surface area contributed by atoms with E-state index < -0.39 is 0 Å². The smallest absolute Gasteiger partial charge is 0.119 e. The fraction of sp³-hybridized carbons (Fsp3) is 0.263. The largest absolute Gasteiger partial charge is 0.497 e. The fourth-order valence-corrected chi connectivity index (χ4v) is 4.07. The van der Waals surface area contributed by atoms with Crippen molar-refractivity contribution in [2.75, 3.05) is 12.9 Å². The first kappa shape index (κ1) is 14.9. The molecule has 0 N–H and O–H groups in total. The minimum absolute atomic E-state index is 0.904. The van der Waals surface area contributed by atoms with Crippen molar-refractivity contribution in [3.05, 3.63) is 41.6 Å². The molecule has 0 aliphatic carbocycles. The van der Waals surface area contributed by atoms with Gasteiger partial charge in [0.2, 0.25) is 0 Å². The fourth-order valence-electron chi connectivity index (χ4n) is 2.86. The molecule has 1 aromatic carbocycles. The number of rotatable bonds is 2. The van der Waals surface area contributed by atoms with Crippen molar-refractivity contribution in [2.45, 2.75) is 18.7 Å². The summed E-state index contributed by atoms with van der Waals surface area (Å²) in [6.07, 6.45) is 4.08. The number of hydrogen-bond acceptors (Lipinski definition) is 2. The lowest BCUT2D eigenvalue weighted by Gasteiger charge is -2.17. The van der Waals surface area contributed by atoms with Crippen molar-refractivity contribution in [2.24, 2.45) is 7.05 Å². The van der Waals surface area contributed by atoms with Gasteiger partial charge in [0.25, 0.3) is 0 Å². The molecule has 3 rings (SSSR count). The number of hydrogen-bond donors (Lipinski definition) is 0. The first-order valence-corrected chi connectivity index (χ1v) is 8.24. The Bertz CT molecular complexity index is 859. The molecule has 0 saturated heterocycles. The Labute approximate surface area is 135 Å². The van der Waals surface area contributed by atoms with Gasteiger partial charge in [-0.05, 0) is 49.8 Å². The highest BCUT2D eigenvalue weighted by Crippen LogP contribution is 2.44. The summed E-state index contributed by atoms with van der Waals surface area (Å²) in [5, 5.41) is 1.27. The number of nitrogens with zero attached hydrogens (tertiary/aromatic N) is 1. The summed E-state index contributed by atoms with van der Waals surface area (Å²) >= 11 is 1.91. The number of ether oxygens (including phenoxy) is 1. The number of methoxy groups -OCH3 is 1. The van der Waals surface area contributed by atoms with Crippen LogP contribution in [0.4, 0.5) is 0 Å². The molecule has 1 aliphatic rings. The standard InChI is InChI=1S/C19H19NOS/c1-5-6-7-8-15-13(2)12-22-19-16-11-14(21-4)9-10-17(16)20(3)18(15)19/h7-11H,12H2,1-4H3/b8-7-. The summed E-state index contributed by atoms with van der Waals surface area (Å²) in [5.74, 6) is 7.85. The van der Waals surface area contributed by atoms with E-state index in [1.807, 2.05) is 30.8 Å². The van der Waals surface area contributed by atoms with Crippen LogP contribution in [0.25, 0.3) is 16.5 Å². The van der Waals surface area contributed by atoms with Gasteiger partial charge in [0.15, 0.2) is 0 Å². The molecular formula is C19H19NOS. The van der Waals surface area contributed by atoms with Gasteiger partial charge in [-0.1, -0.05) is 11.5 Å². The van der Waals surface area contributed by atoms with Gasteiger partial charge in [-0.2, -0.15) is 0 Å². The summed E-state index contributed by atoms with van der Waals surface area (Å²) in [5.41, 5.74) is 5.20. The van der Waals surface area contributed by atoms with E-state index in [0.717, 1.165) is 11.5 Å². The molecule has 1 aliphatic heterocycles. The second-order valence-electron chi connectivity index (χ2n) is 5.33. The molecule has 0 spiro atoms. The van der Waals surface area contributed by atoms with Crippen LogP contribution in [0, 0.1) is 11.8 Å². The molecule has 2 nitrogen and oxygen atoms in total. The van der Waals surface area contributed by atoms with Crippen LogP contribution in [-0.4, -0.2) is 17.4 Å². The summed E-state index contributed by atoms with van der Waals surface area (Å²) in [6.45, 7) is 4.06. The van der Waals surface area contributed by atoms with Crippen molar-refractivity contribution >= 4 is 28.2 Å². The Morgan fingerprint density at radius 2 is 2.18 bits per heavy atom. The Hall–Kier alpha value is -2.05. The molecule has 0 unspecified atom stereocenters. The Kier molecular flexibility index (Phi) is 4.04. The Balaban J connectivity index is 2.25. The van der Waals surface area contributed by atoms with E-state index in [-0.39, 0.29) is 0 Å². The molecular weight excluding hydrogens is 290 g/mol. The molecule has 0 bridgehead atoms. The SMILES string of the molecule is CC#C/C=C\C1=C(C)CSc2c1n(C)c1ccc(OC)cc21. The molecule has 2 heterocycles. The highest BCUT2D eigenvalue weighted by Gasteiger charge is 2.23. The third kappa shape index (κ3) is 2.34. The number of thioether (sulfide) groups is 1. The quantitative estimate of drug-likeness (QED) is 0.750. The molecule has 22 heavy (non-hydrogen) atoms. The van der Waals surface area contributed by atoms with Crippen LogP contribution in [-0.2, 0) is 7.05 Å². The van der Waals surface area contributed by atoms with Crippen LogP contribution in [0.2, 0.25) is 0 Å². The van der Waals surface area contributed by atoms with Gasteiger partial charge in [0.1, 0.15) is 5.75 Å². The topological polar surface area (TPSA) is 14.2 Å². The van der Waals surface area contributed by atoms with Gasteiger partial charge < -0.3 is 9.30 Å². The average Bonchev–Trinajstić information content (AvgIpc) is 2.82. The van der Waals surface area contributed by atoms with E-state index in [0.29, 0.717) is 0 Å². The predicted octanol–water partition coefficient (Wildman–Crippen LogP) is 4.65. The highest BCUT2D eigenvalue weighted by molar-refractivity contribution is 7.99. The second-order valence-corrected chi connectivity index (χ2v) is 6.32. The van der Waals surface area contributed by atoms with Gasteiger partial charge in [-0.25, -0.2) is 0 Å². The van der Waals surface area contributed by atoms with E-state index in [4.69, 9.17) is 4.74 Å². The third-order valence-electron chi connectivity index (χ3n) is 3.99. The lowest BCUT2D eigenvalue weighted by molar-refractivity contribution is 0.415. The highest BCUT2D eigenvalue weighted by atomic mass is 32.2. The molecule has 112 valence electrons. The Morgan fingerprint density at radius 1 is 1.36 bits per heavy atom. The van der Waals surface area contributed by atoms with E-state index in [1.165, 1.54) is 32.6 Å². The van der Waals surface area contributed by atoms with Gasteiger partial charge in [0, 0.05) is 28.6 Å². The zero-order chi connectivity index (χ0) is 15.7. The van der Waals surface area contributed by atoms with Crippen LogP contribution < -0.4 is 4.74 Å². The van der Waals surface area contributed by atoms with Crippen molar-refractivity contribution < 1.29 is 4.74 Å². The van der Waals surface area contributed by atoms with Crippen molar-refractivity contribution in [3.8, 4) is 17.6 Å². The van der Waals surface area contributed by atoms with Gasteiger partial charge in [0.05, 0.1) is 12.8 Å². The number of benzene rings is 1. The molecule has 0 saturated carbocycles. The predicted molar refractivity (Wildman–Crippen MR) is 95.4 cm³/mol. The van der Waals surface area contributed by atoms with Crippen LogP contribution in [0.5, 0.6) is 5.75 Å². The van der Waals surface area contributed by atoms with Crippen LogP contribution in [0.3, 0.4) is 0 Å². The summed E-state index contributed by atoms with van der Waals surface area (Å²) in [7, 11) is 3.84. The van der Waals surface area contributed by atoms with Crippen LogP contribution in [0.1, 0.15) is 19.5 Å². The molecule has 0 amide bonds. The second kappa shape index (κ2) is 5.98. The maximum Gasteiger partial charge on any atom is 0.119 e. The van der Waals surface area contributed by atoms with Crippen LogP contribution in [0.15, 0.2) is 40.8 Å². The first-order valence-electron chi connectivity index (χ1n) is 7.25. The monoisotopic (exact) mass is 309 g/mol. The maximum absolute atomic E-state index is 5.39. The van der Waals surface area contributed by atoms with E-state index in [2.05, 4.69) is 48.6 Å². The minimum atomic E-state index is 0.904. The van der Waals surface area contributed by atoms with Crippen molar-refractivity contribution in [1.29, 1.82) is 0 Å². The van der Waals surface area contributed by atoms with Gasteiger partial charge in [-0.3, -0.25) is 0 Å². The first-order chi connectivity index (χ1) is 10.7. The number of allylic oxidation sites excluding steroid dienone is 3. The molecule has 1 aromatic heterocycles. The zero-order valence-electron chi connectivity index (χ0n) is 13.4. The van der Waals surface area contributed by atoms with E-state index >= 15 is 0 Å². The molecule has 0 fully saturated rings. The van der Waals surface area contributed by atoms with E-state index in [1.54, 1.807) is 7.11 Å². The van der Waals surface area contributed by atoms with E-state index in [9.17, 15) is 0 Å². The summed E-state index contributed by atoms with van der Waals surface area (Å²) in [6, 6.07) is 6.29. The maximum atomic E-state index is 5.39. The summed E-state index contributed by atoms with van der Waals surface area (Å²) in [4.78, 5) is 1.34. The molecule has 0 radical (unpaired) electrons. The normalized spacial score (nSPS) is 14.2. The number of aryl methyl sites for hydroxylation is 1. The molecule has 0 atom stereocenters. The summed E-state index contributed by atoms with van der Waals surface area (Å²) < 4.78 is 7.66. The Morgan fingerprint density at radius 3 is 2.91 bits per heavy atom. The van der Waals surface area contributed by atoms with Gasteiger partial charge >= 0.3 is 0 Å². The zero-order valence-corrected chi connectivity index (χ0v) is 14.2. The number of aromatic nitrogens is 1. The average molecular weight is 309 g/mol. The lowest BCUT2D eigenvalue weighted by Crippen LogP contribution is -2.02. The third-order valence-corrected chi connectivity index (χ3v) is 5.27. The van der Waals surface area contributed by atoms with Crippen molar-refractivity contribution in [3.63, 3.8) is 0 Å². The molecule has 2 aromatic rings. The minimum Gasteiger partial charge on any atom is -0.497 e. The van der Waals surface area contributed by atoms with Crippen LogP contribution >= 0.6 is 11.8 Å². The van der Waals surface area contributed by atoms with Crippen molar-refractivity contribution in [1.82, 2.24) is 4.57 Å².